The molecular weight excluding hydrogens is 600 g/mol. The number of β-lactam (4-membered cyclic amide) rings is 1. The summed E-state index contributed by atoms with van der Waals surface area (Å²) in [6, 6.07) is 6.42. The van der Waals surface area contributed by atoms with Crippen LogP contribution in [-0.2, 0) is 18.7 Å². The Morgan fingerprint density at radius 1 is 1.15 bits per heavy atom. The standard InChI is InChI=1S/C24H31N3O11P2S/c1-4-38-18-14(25-10-9-15(39(32,33)34)40(35,36)37)11-12-7-5-6-8-13(12)16(18)20(28)26-17-21(29)27-19(23(30)31)24(2,3)41-22(17)27/h5-8,11,15,17,19,22,25H,4,9-10H2,1-3H3,(H,26,28)(H,30,31)(H2,32,33,34)(H2,35,36,37). The second-order valence-electron chi connectivity index (χ2n) is 10.2. The summed E-state index contributed by atoms with van der Waals surface area (Å²) >= 11 is 1.28. The van der Waals surface area contributed by atoms with Crippen molar-refractivity contribution in [3.05, 3.63) is 35.9 Å². The molecule has 0 saturated carbocycles. The van der Waals surface area contributed by atoms with Crippen molar-refractivity contribution in [1.82, 2.24) is 10.2 Å². The van der Waals surface area contributed by atoms with Gasteiger partial charge in [0.15, 0.2) is 11.1 Å². The first-order valence-electron chi connectivity index (χ1n) is 12.6. The van der Waals surface area contributed by atoms with Crippen molar-refractivity contribution in [2.24, 2.45) is 0 Å². The predicted octanol–water partition coefficient (Wildman–Crippen LogP) is 1.97. The van der Waals surface area contributed by atoms with E-state index < -0.39 is 67.0 Å². The second-order valence-corrected chi connectivity index (χ2v) is 16.0. The average Bonchev–Trinajstić information content (AvgIpc) is 3.11. The smallest absolute Gasteiger partial charge is 0.340 e. The van der Waals surface area contributed by atoms with Gasteiger partial charge in [0.05, 0.1) is 17.9 Å². The van der Waals surface area contributed by atoms with Crippen LogP contribution in [0.25, 0.3) is 10.8 Å². The fraction of sp³-hybridized carbons (Fsp3) is 0.458. The fourth-order valence-corrected chi connectivity index (χ4v) is 9.33. The summed E-state index contributed by atoms with van der Waals surface area (Å²) in [5.41, 5.74) is 0.298. The topological polar surface area (TPSA) is 223 Å². The number of carboxylic acids is 1. The molecule has 0 aromatic heterocycles. The largest absolute Gasteiger partial charge is 0.491 e. The molecule has 17 heteroatoms. The van der Waals surface area contributed by atoms with Gasteiger partial charge in [-0.1, -0.05) is 24.3 Å². The number of anilines is 1. The van der Waals surface area contributed by atoms with E-state index in [0.29, 0.717) is 10.8 Å². The Morgan fingerprint density at radius 3 is 2.37 bits per heavy atom. The van der Waals surface area contributed by atoms with Crippen LogP contribution in [0.3, 0.4) is 0 Å². The first-order valence-corrected chi connectivity index (χ1v) is 16.8. The highest BCUT2D eigenvalue weighted by Crippen LogP contribution is 2.61. The SMILES string of the molecule is CCOc1c(NCCC(P(=O)(O)O)P(=O)(O)O)cc2ccccc2c1C(=O)NC1C(=O)N2C1SC(C)(C)C2C(=O)O. The molecule has 224 valence electrons. The van der Waals surface area contributed by atoms with Crippen molar-refractivity contribution in [3.63, 3.8) is 0 Å². The van der Waals surface area contributed by atoms with E-state index in [1.807, 2.05) is 0 Å². The van der Waals surface area contributed by atoms with Crippen molar-refractivity contribution in [2.45, 2.75) is 54.8 Å². The van der Waals surface area contributed by atoms with E-state index in [1.54, 1.807) is 51.1 Å². The van der Waals surface area contributed by atoms with E-state index >= 15 is 0 Å². The highest BCUT2D eigenvalue weighted by molar-refractivity contribution is 8.01. The molecule has 41 heavy (non-hydrogen) atoms. The number of thioether (sulfide) groups is 1. The van der Waals surface area contributed by atoms with Crippen LogP contribution in [0.1, 0.15) is 37.6 Å². The zero-order chi connectivity index (χ0) is 30.5. The lowest BCUT2D eigenvalue weighted by atomic mass is 9.95. The number of nitrogens with one attached hydrogen (secondary N) is 2. The van der Waals surface area contributed by atoms with Crippen LogP contribution in [-0.4, -0.2) is 88.1 Å². The molecule has 2 fully saturated rings. The number of hydrogen-bond donors (Lipinski definition) is 7. The number of nitrogens with zero attached hydrogens (tertiary/aromatic N) is 1. The highest BCUT2D eigenvalue weighted by Gasteiger charge is 2.64. The maximum Gasteiger partial charge on any atom is 0.340 e. The van der Waals surface area contributed by atoms with E-state index in [0.717, 1.165) is 0 Å². The van der Waals surface area contributed by atoms with Crippen LogP contribution >= 0.6 is 27.0 Å². The highest BCUT2D eigenvalue weighted by atomic mass is 32.2. The summed E-state index contributed by atoms with van der Waals surface area (Å²) < 4.78 is 28.4. The van der Waals surface area contributed by atoms with E-state index in [2.05, 4.69) is 10.6 Å². The van der Waals surface area contributed by atoms with E-state index in [-0.39, 0.29) is 30.2 Å². The Morgan fingerprint density at radius 2 is 1.78 bits per heavy atom. The number of aliphatic carboxylic acids is 1. The molecule has 2 heterocycles. The van der Waals surface area contributed by atoms with Crippen LogP contribution in [0.4, 0.5) is 5.69 Å². The summed E-state index contributed by atoms with van der Waals surface area (Å²) in [4.78, 5) is 77.6. The van der Waals surface area contributed by atoms with E-state index in [9.17, 15) is 48.2 Å². The molecule has 3 unspecified atom stereocenters. The lowest BCUT2D eigenvalue weighted by Crippen LogP contribution is -2.70. The number of benzene rings is 2. The molecule has 2 aromatic rings. The van der Waals surface area contributed by atoms with Crippen molar-refractivity contribution in [3.8, 4) is 5.75 Å². The normalized spacial score (nSPS) is 21.9. The maximum atomic E-state index is 13.7. The monoisotopic (exact) mass is 631 g/mol. The number of carbonyl (C=O) groups is 3. The van der Waals surface area contributed by atoms with Gasteiger partial charge in [0, 0.05) is 11.3 Å². The van der Waals surface area contributed by atoms with Crippen LogP contribution in [0, 0.1) is 0 Å². The molecule has 14 nitrogen and oxygen atoms in total. The Labute approximate surface area is 239 Å². The summed E-state index contributed by atoms with van der Waals surface area (Å²) in [5.74, 6) is -2.25. The second kappa shape index (κ2) is 11.2. The Kier molecular flexibility index (Phi) is 8.56. The first kappa shape index (κ1) is 31.3. The molecule has 4 rings (SSSR count). The zero-order valence-electron chi connectivity index (χ0n) is 22.3. The van der Waals surface area contributed by atoms with Gasteiger partial charge in [-0.05, 0) is 44.0 Å². The van der Waals surface area contributed by atoms with Crippen molar-refractivity contribution in [1.29, 1.82) is 0 Å². The lowest BCUT2D eigenvalue weighted by Gasteiger charge is -2.43. The van der Waals surface area contributed by atoms with Gasteiger partial charge >= 0.3 is 21.2 Å². The van der Waals surface area contributed by atoms with Crippen molar-refractivity contribution in [2.75, 3.05) is 18.5 Å². The molecule has 2 amide bonds. The summed E-state index contributed by atoms with van der Waals surface area (Å²) in [7, 11) is -10.3. The lowest BCUT2D eigenvalue weighted by molar-refractivity contribution is -0.159. The van der Waals surface area contributed by atoms with Crippen molar-refractivity contribution >= 4 is 61.2 Å². The van der Waals surface area contributed by atoms with Crippen LogP contribution in [0.5, 0.6) is 5.75 Å². The minimum atomic E-state index is -5.13. The fourth-order valence-electron chi connectivity index (χ4n) is 5.21. The Balaban J connectivity index is 1.66. The molecule has 2 aromatic carbocycles. The summed E-state index contributed by atoms with van der Waals surface area (Å²) in [6.07, 6.45) is -0.583. The van der Waals surface area contributed by atoms with Crippen LogP contribution in [0.15, 0.2) is 30.3 Å². The van der Waals surface area contributed by atoms with Gasteiger partial charge in [-0.15, -0.1) is 11.8 Å². The molecule has 0 radical (unpaired) electrons. The molecule has 2 aliphatic rings. The van der Waals surface area contributed by atoms with Gasteiger partial charge in [0.1, 0.15) is 17.5 Å². The van der Waals surface area contributed by atoms with Gasteiger partial charge in [0.25, 0.3) is 5.91 Å². The van der Waals surface area contributed by atoms with Gasteiger partial charge < -0.3 is 45.0 Å². The molecule has 0 aliphatic carbocycles. The molecule has 0 bridgehead atoms. The number of carbonyl (C=O) groups excluding carboxylic acids is 2. The molecule has 2 aliphatic heterocycles. The molecule has 3 atom stereocenters. The van der Waals surface area contributed by atoms with Crippen LogP contribution < -0.4 is 15.4 Å². The molecular formula is C24H31N3O11P2S. The first-order chi connectivity index (χ1) is 19.0. The number of carboxylic acid groups (broad SMARTS) is 1. The summed E-state index contributed by atoms with van der Waals surface area (Å²) in [6.45, 7) is 4.96. The van der Waals surface area contributed by atoms with E-state index in [4.69, 9.17) is 4.74 Å². The minimum absolute atomic E-state index is 0.0669. The minimum Gasteiger partial charge on any atom is -0.491 e. The van der Waals surface area contributed by atoms with Gasteiger partial charge in [-0.3, -0.25) is 18.7 Å². The Hall–Kier alpha value is -2.64. The van der Waals surface area contributed by atoms with Gasteiger partial charge in [0.2, 0.25) is 5.91 Å². The summed E-state index contributed by atoms with van der Waals surface area (Å²) in [5, 5.41) is 13.5. The van der Waals surface area contributed by atoms with Crippen LogP contribution in [0.2, 0.25) is 0 Å². The number of amides is 2. The van der Waals surface area contributed by atoms with Crippen molar-refractivity contribution < 1.29 is 52.9 Å². The van der Waals surface area contributed by atoms with Gasteiger partial charge in [-0.25, -0.2) is 4.79 Å². The maximum absolute atomic E-state index is 13.7. The number of rotatable bonds is 11. The third-order valence-electron chi connectivity index (χ3n) is 6.97. The molecule has 2 saturated heterocycles. The quantitative estimate of drug-likeness (QED) is 0.139. The van der Waals surface area contributed by atoms with E-state index in [1.165, 1.54) is 16.7 Å². The third-order valence-corrected chi connectivity index (χ3v) is 12.4. The Bertz CT molecular complexity index is 1470. The molecule has 7 N–H and O–H groups in total. The number of fused-ring (bicyclic) bond motifs is 2. The molecule has 0 spiro atoms. The number of hydrogen-bond acceptors (Lipinski definition) is 8. The average molecular weight is 632 g/mol. The number of ether oxygens (including phenoxy) is 1. The predicted molar refractivity (Wildman–Crippen MR) is 151 cm³/mol. The third kappa shape index (κ3) is 5.98. The zero-order valence-corrected chi connectivity index (χ0v) is 24.9. The van der Waals surface area contributed by atoms with Gasteiger partial charge in [-0.2, -0.15) is 0 Å².